The molecule has 4 aromatic rings. The van der Waals surface area contributed by atoms with Gasteiger partial charge in [0.25, 0.3) is 0 Å². The molecule has 0 amide bonds. The summed E-state index contributed by atoms with van der Waals surface area (Å²) < 4.78 is 0. The van der Waals surface area contributed by atoms with Crippen LogP contribution in [-0.2, 0) is 0 Å². The molecule has 0 N–H and O–H groups in total. The minimum atomic E-state index is 0.563. The highest BCUT2D eigenvalue weighted by Crippen LogP contribution is 2.32. The van der Waals surface area contributed by atoms with Crippen molar-refractivity contribution in [1.29, 1.82) is 0 Å². The van der Waals surface area contributed by atoms with Gasteiger partial charge in [-0.2, -0.15) is 0 Å². The minimum absolute atomic E-state index is 0.563. The van der Waals surface area contributed by atoms with E-state index in [9.17, 15) is 0 Å². The van der Waals surface area contributed by atoms with Crippen LogP contribution in [0.4, 0.5) is 0 Å². The molecule has 0 unspecified atom stereocenters. The molecule has 0 saturated heterocycles. The first-order valence-corrected chi connectivity index (χ1v) is 6.57. The molecule has 0 aliphatic rings. The largest absolute Gasteiger partial charge is 0.244 e. The Hall–Kier alpha value is -2.12. The molecule has 0 fully saturated rings. The van der Waals surface area contributed by atoms with E-state index in [0.29, 0.717) is 5.15 Å². The van der Waals surface area contributed by atoms with Gasteiger partial charge in [0.15, 0.2) is 0 Å². The zero-order valence-electron chi connectivity index (χ0n) is 10.1. The van der Waals surface area contributed by atoms with Gasteiger partial charge in [-0.25, -0.2) is 4.98 Å². The number of benzene rings is 3. The number of nitrogens with zero attached hydrogens (tertiary/aromatic N) is 1. The maximum absolute atomic E-state index is 6.16. The van der Waals surface area contributed by atoms with E-state index in [1.807, 2.05) is 6.07 Å². The third-order valence-corrected chi connectivity index (χ3v) is 3.92. The molecule has 19 heavy (non-hydrogen) atoms. The molecule has 90 valence electrons. The lowest BCUT2D eigenvalue weighted by atomic mass is 9.98. The molecule has 1 heterocycles. The van der Waals surface area contributed by atoms with E-state index in [-0.39, 0.29) is 0 Å². The van der Waals surface area contributed by atoms with Crippen molar-refractivity contribution >= 4 is 43.9 Å². The second kappa shape index (κ2) is 3.94. The molecular formula is C17H10ClN. The van der Waals surface area contributed by atoms with Crippen LogP contribution in [0.15, 0.2) is 60.8 Å². The number of rotatable bonds is 0. The topological polar surface area (TPSA) is 12.9 Å². The van der Waals surface area contributed by atoms with Crippen LogP contribution in [0.5, 0.6) is 0 Å². The third kappa shape index (κ3) is 1.52. The van der Waals surface area contributed by atoms with Gasteiger partial charge in [0.05, 0.1) is 0 Å². The molecule has 1 aromatic heterocycles. The fraction of sp³-hybridized carbons (Fsp3) is 0. The standard InChI is InChI=1S/C17H10ClN/c18-17-16-8-7-13-12-4-2-1-3-11(12)5-6-14(13)15(16)9-10-19-17/h1-10H. The fourth-order valence-electron chi connectivity index (χ4n) is 2.72. The number of aromatic nitrogens is 1. The summed E-state index contributed by atoms with van der Waals surface area (Å²) in [5, 5.41) is 7.74. The summed E-state index contributed by atoms with van der Waals surface area (Å²) in [6.45, 7) is 0. The quantitative estimate of drug-likeness (QED) is 0.314. The molecule has 0 atom stereocenters. The van der Waals surface area contributed by atoms with E-state index < -0.39 is 0 Å². The van der Waals surface area contributed by atoms with E-state index in [2.05, 4.69) is 53.5 Å². The highest BCUT2D eigenvalue weighted by molar-refractivity contribution is 6.35. The van der Waals surface area contributed by atoms with Crippen LogP contribution in [0.3, 0.4) is 0 Å². The summed E-state index contributed by atoms with van der Waals surface area (Å²) in [5.41, 5.74) is 0. The molecule has 3 aromatic carbocycles. The summed E-state index contributed by atoms with van der Waals surface area (Å²) >= 11 is 6.16. The number of fused-ring (bicyclic) bond motifs is 5. The van der Waals surface area contributed by atoms with Gasteiger partial charge in [0, 0.05) is 11.6 Å². The van der Waals surface area contributed by atoms with Crippen molar-refractivity contribution in [1.82, 2.24) is 4.98 Å². The molecule has 1 nitrogen and oxygen atoms in total. The average molecular weight is 264 g/mol. The van der Waals surface area contributed by atoms with Gasteiger partial charge in [0.1, 0.15) is 5.15 Å². The Morgan fingerprint density at radius 2 is 1.32 bits per heavy atom. The molecule has 0 aliphatic carbocycles. The summed E-state index contributed by atoms with van der Waals surface area (Å²) in [6, 6.07) is 19.0. The van der Waals surface area contributed by atoms with Gasteiger partial charge >= 0.3 is 0 Å². The predicted octanol–water partition coefficient (Wildman–Crippen LogP) is 5.19. The van der Waals surface area contributed by atoms with Crippen LogP contribution >= 0.6 is 11.6 Å². The second-order valence-electron chi connectivity index (χ2n) is 4.64. The summed E-state index contributed by atoms with van der Waals surface area (Å²) in [5.74, 6) is 0. The lowest BCUT2D eigenvalue weighted by Crippen LogP contribution is -1.83. The molecule has 4 rings (SSSR count). The highest BCUT2D eigenvalue weighted by atomic mass is 35.5. The van der Waals surface area contributed by atoms with Crippen molar-refractivity contribution in [2.75, 3.05) is 0 Å². The Kier molecular flexibility index (Phi) is 2.23. The molecule has 0 aliphatic heterocycles. The van der Waals surface area contributed by atoms with Crippen LogP contribution in [0.1, 0.15) is 0 Å². The molecule has 0 radical (unpaired) electrons. The van der Waals surface area contributed by atoms with E-state index in [1.54, 1.807) is 6.20 Å². The average Bonchev–Trinajstić information content (AvgIpc) is 2.47. The maximum Gasteiger partial charge on any atom is 0.136 e. The van der Waals surface area contributed by atoms with Gasteiger partial charge in [-0.3, -0.25) is 0 Å². The summed E-state index contributed by atoms with van der Waals surface area (Å²) in [7, 11) is 0. The maximum atomic E-state index is 6.16. The number of hydrogen-bond donors (Lipinski definition) is 0. The van der Waals surface area contributed by atoms with Crippen molar-refractivity contribution in [2.45, 2.75) is 0 Å². The first kappa shape index (κ1) is 10.8. The van der Waals surface area contributed by atoms with Crippen LogP contribution in [0.2, 0.25) is 5.15 Å². The SMILES string of the molecule is Clc1nccc2c1ccc1c3ccccc3ccc21. The zero-order valence-corrected chi connectivity index (χ0v) is 10.9. The van der Waals surface area contributed by atoms with Crippen molar-refractivity contribution in [2.24, 2.45) is 0 Å². The van der Waals surface area contributed by atoms with Crippen LogP contribution in [0.25, 0.3) is 32.3 Å². The van der Waals surface area contributed by atoms with Crippen molar-refractivity contribution in [3.8, 4) is 0 Å². The minimum Gasteiger partial charge on any atom is -0.244 e. The third-order valence-electron chi connectivity index (χ3n) is 3.62. The molecule has 2 heteroatoms. The first-order chi connectivity index (χ1) is 9.34. The van der Waals surface area contributed by atoms with Crippen LogP contribution < -0.4 is 0 Å². The van der Waals surface area contributed by atoms with Crippen LogP contribution in [0, 0.1) is 0 Å². The van der Waals surface area contributed by atoms with E-state index >= 15 is 0 Å². The number of pyridine rings is 1. The fourth-order valence-corrected chi connectivity index (χ4v) is 2.94. The van der Waals surface area contributed by atoms with Crippen molar-refractivity contribution < 1.29 is 0 Å². The van der Waals surface area contributed by atoms with Crippen molar-refractivity contribution in [3.63, 3.8) is 0 Å². The van der Waals surface area contributed by atoms with Gasteiger partial charge in [0.2, 0.25) is 0 Å². The Labute approximate surface area is 115 Å². The summed E-state index contributed by atoms with van der Waals surface area (Å²) in [6.07, 6.45) is 1.76. The summed E-state index contributed by atoms with van der Waals surface area (Å²) in [4.78, 5) is 4.14. The Morgan fingerprint density at radius 1 is 0.632 bits per heavy atom. The van der Waals surface area contributed by atoms with Gasteiger partial charge in [-0.05, 0) is 33.0 Å². The highest BCUT2D eigenvalue weighted by Gasteiger charge is 2.06. The van der Waals surface area contributed by atoms with Gasteiger partial charge in [-0.1, -0.05) is 60.1 Å². The smallest absolute Gasteiger partial charge is 0.136 e. The molecule has 0 bridgehead atoms. The molecule has 0 saturated carbocycles. The predicted molar refractivity (Wildman–Crippen MR) is 81.8 cm³/mol. The van der Waals surface area contributed by atoms with Gasteiger partial charge < -0.3 is 0 Å². The number of hydrogen-bond acceptors (Lipinski definition) is 1. The lowest BCUT2D eigenvalue weighted by Gasteiger charge is -2.07. The monoisotopic (exact) mass is 263 g/mol. The zero-order chi connectivity index (χ0) is 12.8. The normalized spacial score (nSPS) is 11.4. The Bertz CT molecular complexity index is 928. The van der Waals surface area contributed by atoms with Gasteiger partial charge in [-0.15, -0.1) is 0 Å². The Morgan fingerprint density at radius 3 is 2.26 bits per heavy atom. The second-order valence-corrected chi connectivity index (χ2v) is 5.00. The van der Waals surface area contributed by atoms with E-state index in [1.165, 1.54) is 21.5 Å². The first-order valence-electron chi connectivity index (χ1n) is 6.19. The number of halogens is 1. The van der Waals surface area contributed by atoms with Crippen molar-refractivity contribution in [3.05, 3.63) is 65.9 Å². The van der Waals surface area contributed by atoms with Crippen LogP contribution in [-0.4, -0.2) is 4.98 Å². The molecule has 0 spiro atoms. The van der Waals surface area contributed by atoms with E-state index in [4.69, 9.17) is 11.6 Å². The molecular weight excluding hydrogens is 254 g/mol. The van der Waals surface area contributed by atoms with E-state index in [0.717, 1.165) is 10.8 Å². The lowest BCUT2D eigenvalue weighted by molar-refractivity contribution is 1.37. The Balaban J connectivity index is 2.29.